The molecule has 3 fully saturated rings. The smallest absolute Gasteiger partial charge is 0.255 e. The number of primary amides is 1. The fourth-order valence-corrected chi connectivity index (χ4v) is 7.04. The molecule has 1 saturated heterocycles. The number of methoxy groups -OCH3 is 1. The van der Waals surface area contributed by atoms with E-state index in [0.29, 0.717) is 34.9 Å². The number of benzene rings is 1. The number of nitrogens with one attached hydrogen (secondary N) is 1. The first-order valence-corrected chi connectivity index (χ1v) is 14.3. The van der Waals surface area contributed by atoms with Crippen molar-refractivity contribution in [3.05, 3.63) is 29.5 Å². The Bertz CT molecular complexity index is 1170. The summed E-state index contributed by atoms with van der Waals surface area (Å²) in [5.41, 5.74) is 6.89. The van der Waals surface area contributed by atoms with Gasteiger partial charge in [0, 0.05) is 22.9 Å². The molecule has 2 amide bonds. The van der Waals surface area contributed by atoms with Crippen molar-refractivity contribution in [2.75, 3.05) is 13.7 Å². The minimum absolute atomic E-state index is 0.116. The lowest BCUT2D eigenvalue weighted by molar-refractivity contribution is -0.123. The predicted octanol–water partition coefficient (Wildman–Crippen LogP) is 5.44. The fourth-order valence-electron chi connectivity index (χ4n) is 7.04. The zero-order valence-corrected chi connectivity index (χ0v) is 22.5. The van der Waals surface area contributed by atoms with Gasteiger partial charge in [-0.1, -0.05) is 39.0 Å². The molecule has 1 aliphatic heterocycles. The molecule has 1 aromatic carbocycles. The molecule has 2 aliphatic carbocycles. The number of carbonyl (C=O) groups excluding carboxylic acids is 2. The van der Waals surface area contributed by atoms with Crippen LogP contribution in [0, 0.1) is 17.8 Å². The van der Waals surface area contributed by atoms with E-state index in [-0.39, 0.29) is 6.61 Å². The van der Waals surface area contributed by atoms with E-state index in [1.54, 1.807) is 12.1 Å². The predicted molar refractivity (Wildman–Crippen MR) is 144 cm³/mol. The number of amides is 2. The second-order valence-electron chi connectivity index (χ2n) is 11.4. The van der Waals surface area contributed by atoms with Gasteiger partial charge in [-0.3, -0.25) is 9.59 Å². The van der Waals surface area contributed by atoms with E-state index in [9.17, 15) is 14.0 Å². The van der Waals surface area contributed by atoms with Crippen molar-refractivity contribution in [2.24, 2.45) is 23.5 Å². The number of rotatable bonds is 8. The van der Waals surface area contributed by atoms with Crippen LogP contribution >= 0.6 is 0 Å². The van der Waals surface area contributed by atoms with E-state index in [2.05, 4.69) is 5.32 Å². The highest BCUT2D eigenvalue weighted by molar-refractivity contribution is 6.01. The molecule has 5 rings (SSSR count). The average Bonchev–Trinajstić information content (AvgIpc) is 3.23. The lowest BCUT2D eigenvalue weighted by Crippen LogP contribution is -2.35. The maximum atomic E-state index is 14.4. The summed E-state index contributed by atoms with van der Waals surface area (Å²) in [6, 6.07) is 5.08. The molecule has 38 heavy (non-hydrogen) atoms. The molecule has 0 radical (unpaired) electrons. The number of carbonyl (C=O) groups is 2. The van der Waals surface area contributed by atoms with Crippen LogP contribution in [0.5, 0.6) is 11.6 Å². The summed E-state index contributed by atoms with van der Waals surface area (Å²) in [6.45, 7) is 1.99. The summed E-state index contributed by atoms with van der Waals surface area (Å²) < 4.78 is 26.0. The molecule has 3 N–H and O–H groups in total. The molecular formula is C30H40FN3O4. The summed E-state index contributed by atoms with van der Waals surface area (Å²) in [5, 5.41) is 4.23. The third-order valence-electron chi connectivity index (χ3n) is 9.25. The van der Waals surface area contributed by atoms with Crippen molar-refractivity contribution in [1.82, 2.24) is 10.3 Å². The SMILES string of the molecule is CC[C@@H]1C(COc2nc(C3CCC(C4CCCCC4)CC3)cc3cc(C(N)=O)c(OC)cc23)NC(=O)[C@@H]1F. The minimum Gasteiger partial charge on any atom is -0.496 e. The van der Waals surface area contributed by atoms with Gasteiger partial charge in [-0.2, -0.15) is 0 Å². The van der Waals surface area contributed by atoms with Gasteiger partial charge in [-0.05, 0) is 67.5 Å². The standard InChI is InChI=1S/C30H40FN3O4/c1-3-21-25(33-29(36)27(21)31)16-38-30-22-15-26(37-2)23(28(32)35)13-20(22)14-24(34-30)19-11-9-18(10-12-19)17-7-5-4-6-8-17/h13-15,17-19,21,25,27H,3-12,16H2,1-2H3,(H2,32,35)(H,33,36)/t18?,19?,21-,25?,27-/m1/s1. The van der Waals surface area contributed by atoms with Gasteiger partial charge in [0.2, 0.25) is 5.88 Å². The summed E-state index contributed by atoms with van der Waals surface area (Å²) in [4.78, 5) is 29.0. The minimum atomic E-state index is -1.53. The summed E-state index contributed by atoms with van der Waals surface area (Å²) in [6.07, 6.45) is 10.4. The first-order valence-electron chi connectivity index (χ1n) is 14.3. The van der Waals surface area contributed by atoms with Gasteiger partial charge in [0.1, 0.15) is 12.4 Å². The average molecular weight is 526 g/mol. The van der Waals surface area contributed by atoms with Gasteiger partial charge in [0.05, 0.1) is 18.7 Å². The molecule has 206 valence electrons. The maximum absolute atomic E-state index is 14.4. The number of hydrogen-bond acceptors (Lipinski definition) is 5. The van der Waals surface area contributed by atoms with E-state index in [0.717, 1.165) is 35.8 Å². The molecule has 3 aliphatic rings. The van der Waals surface area contributed by atoms with E-state index in [1.165, 1.54) is 52.1 Å². The third kappa shape index (κ3) is 5.32. The molecule has 3 atom stereocenters. The Morgan fingerprint density at radius 1 is 1.08 bits per heavy atom. The van der Waals surface area contributed by atoms with Crippen molar-refractivity contribution in [3.8, 4) is 11.6 Å². The molecule has 1 unspecified atom stereocenters. The highest BCUT2D eigenvalue weighted by Gasteiger charge is 2.42. The summed E-state index contributed by atoms with van der Waals surface area (Å²) in [7, 11) is 1.49. The van der Waals surface area contributed by atoms with Crippen molar-refractivity contribution < 1.29 is 23.5 Å². The van der Waals surface area contributed by atoms with Crippen LogP contribution < -0.4 is 20.5 Å². The van der Waals surface area contributed by atoms with E-state index in [1.807, 2.05) is 13.0 Å². The molecule has 2 heterocycles. The number of pyridine rings is 1. The van der Waals surface area contributed by atoms with Crippen LogP contribution in [0.25, 0.3) is 10.8 Å². The fraction of sp³-hybridized carbons (Fsp3) is 0.633. The Morgan fingerprint density at radius 2 is 1.79 bits per heavy atom. The third-order valence-corrected chi connectivity index (χ3v) is 9.25. The normalized spacial score (nSPS) is 28.3. The first-order chi connectivity index (χ1) is 18.4. The molecule has 0 spiro atoms. The van der Waals surface area contributed by atoms with E-state index >= 15 is 0 Å². The largest absolute Gasteiger partial charge is 0.496 e. The van der Waals surface area contributed by atoms with Crippen LogP contribution in [0.4, 0.5) is 4.39 Å². The van der Waals surface area contributed by atoms with Crippen LogP contribution in [0.1, 0.15) is 93.1 Å². The molecular weight excluding hydrogens is 485 g/mol. The van der Waals surface area contributed by atoms with Crippen LogP contribution in [-0.2, 0) is 4.79 Å². The van der Waals surface area contributed by atoms with Gasteiger partial charge >= 0.3 is 0 Å². The summed E-state index contributed by atoms with van der Waals surface area (Å²) >= 11 is 0. The lowest BCUT2D eigenvalue weighted by atomic mass is 9.70. The molecule has 2 saturated carbocycles. The number of ether oxygens (including phenoxy) is 2. The number of aromatic nitrogens is 1. The van der Waals surface area contributed by atoms with Crippen LogP contribution in [0.15, 0.2) is 18.2 Å². The highest BCUT2D eigenvalue weighted by Crippen LogP contribution is 2.44. The molecule has 8 heteroatoms. The monoisotopic (exact) mass is 525 g/mol. The molecule has 2 aromatic rings. The topological polar surface area (TPSA) is 104 Å². The summed E-state index contributed by atoms with van der Waals surface area (Å²) in [5.74, 6) is 1.15. The Kier molecular flexibility index (Phi) is 8.05. The van der Waals surface area contributed by atoms with Crippen molar-refractivity contribution in [3.63, 3.8) is 0 Å². The van der Waals surface area contributed by atoms with Gasteiger partial charge in [-0.15, -0.1) is 0 Å². The lowest BCUT2D eigenvalue weighted by Gasteiger charge is -2.35. The number of alkyl halides is 1. The van der Waals surface area contributed by atoms with Crippen molar-refractivity contribution in [1.29, 1.82) is 0 Å². The number of fused-ring (bicyclic) bond motifs is 1. The van der Waals surface area contributed by atoms with Gasteiger partial charge in [0.15, 0.2) is 6.17 Å². The zero-order valence-electron chi connectivity index (χ0n) is 22.5. The quantitative estimate of drug-likeness (QED) is 0.478. The zero-order chi connectivity index (χ0) is 26.8. The van der Waals surface area contributed by atoms with Crippen LogP contribution in [-0.4, -0.2) is 42.7 Å². The molecule has 0 bridgehead atoms. The number of halogens is 1. The Balaban J connectivity index is 1.43. The Morgan fingerprint density at radius 3 is 2.45 bits per heavy atom. The van der Waals surface area contributed by atoms with Gasteiger partial charge in [-0.25, -0.2) is 9.37 Å². The van der Waals surface area contributed by atoms with E-state index < -0.39 is 29.9 Å². The second kappa shape index (κ2) is 11.5. The van der Waals surface area contributed by atoms with Crippen molar-refractivity contribution >= 4 is 22.6 Å². The van der Waals surface area contributed by atoms with Crippen LogP contribution in [0.2, 0.25) is 0 Å². The highest BCUT2D eigenvalue weighted by atomic mass is 19.1. The van der Waals surface area contributed by atoms with Gasteiger partial charge in [0.25, 0.3) is 11.8 Å². The molecule has 1 aromatic heterocycles. The molecule has 7 nitrogen and oxygen atoms in total. The maximum Gasteiger partial charge on any atom is 0.255 e. The second-order valence-corrected chi connectivity index (χ2v) is 11.4. The van der Waals surface area contributed by atoms with Crippen LogP contribution in [0.3, 0.4) is 0 Å². The van der Waals surface area contributed by atoms with Gasteiger partial charge < -0.3 is 20.5 Å². The number of nitrogens with two attached hydrogens (primary N) is 1. The van der Waals surface area contributed by atoms with E-state index in [4.69, 9.17) is 20.2 Å². The van der Waals surface area contributed by atoms with Crippen molar-refractivity contribution in [2.45, 2.75) is 89.3 Å². The Labute approximate surface area is 224 Å². The Hall–Kier alpha value is -2.90. The number of hydrogen-bond donors (Lipinski definition) is 2. The first kappa shape index (κ1) is 26.7. The number of nitrogens with zero attached hydrogens (tertiary/aromatic N) is 1.